The molecule has 1 aromatic heterocycles. The van der Waals surface area contributed by atoms with Gasteiger partial charge in [-0.15, -0.1) is 0 Å². The lowest BCUT2D eigenvalue weighted by Crippen LogP contribution is -2.38. The lowest BCUT2D eigenvalue weighted by Gasteiger charge is -2.30. The highest BCUT2D eigenvalue weighted by molar-refractivity contribution is 6.07. The molecule has 1 aliphatic heterocycles. The molecule has 2 aromatic rings. The minimum Gasteiger partial charge on any atom is -0.339 e. The topological polar surface area (TPSA) is 53.5 Å². The van der Waals surface area contributed by atoms with Crippen molar-refractivity contribution >= 4 is 17.5 Å². The first-order valence-corrected chi connectivity index (χ1v) is 9.21. The number of para-hydroxylation sites is 1. The molecule has 26 heavy (non-hydrogen) atoms. The fourth-order valence-electron chi connectivity index (χ4n) is 3.28. The lowest BCUT2D eigenvalue weighted by molar-refractivity contribution is 0.0697. The highest BCUT2D eigenvalue weighted by Crippen LogP contribution is 2.20. The summed E-state index contributed by atoms with van der Waals surface area (Å²) in [5.41, 5.74) is 1.75. The number of carbonyl (C=O) groups excluding carboxylic acids is 2. The first kappa shape index (κ1) is 18.1. The van der Waals surface area contributed by atoms with Gasteiger partial charge in [0.25, 0.3) is 11.8 Å². The molecule has 0 radical (unpaired) electrons. The number of rotatable bonds is 4. The summed E-state index contributed by atoms with van der Waals surface area (Å²) in [5, 5.41) is 0. The van der Waals surface area contributed by atoms with Crippen LogP contribution in [0.15, 0.2) is 48.8 Å². The normalized spacial score (nSPS) is 14.9. The van der Waals surface area contributed by atoms with Gasteiger partial charge in [0.2, 0.25) is 0 Å². The van der Waals surface area contributed by atoms with Gasteiger partial charge < -0.3 is 9.80 Å². The van der Waals surface area contributed by atoms with Crippen LogP contribution in [0.4, 0.5) is 5.69 Å². The van der Waals surface area contributed by atoms with Crippen molar-refractivity contribution < 1.29 is 9.59 Å². The molecule has 1 aliphatic rings. The van der Waals surface area contributed by atoms with Crippen molar-refractivity contribution in [2.24, 2.45) is 5.92 Å². The standard InChI is InChI=1S/C21H25N3O2/c1-3-24(19-7-5-4-6-8-19)21(26)18-13-17(14-22-15-18)20(25)23-11-9-16(2)10-12-23/h4-8,13-16H,3,9-12H2,1-2H3. The number of amides is 2. The molecule has 0 spiro atoms. The summed E-state index contributed by atoms with van der Waals surface area (Å²) in [4.78, 5) is 33.4. The van der Waals surface area contributed by atoms with Gasteiger partial charge in [-0.3, -0.25) is 14.6 Å². The van der Waals surface area contributed by atoms with Crippen LogP contribution in [-0.4, -0.2) is 41.3 Å². The zero-order chi connectivity index (χ0) is 18.5. The van der Waals surface area contributed by atoms with Gasteiger partial charge in [0.05, 0.1) is 11.1 Å². The van der Waals surface area contributed by atoms with Crippen LogP contribution in [0, 0.1) is 5.92 Å². The van der Waals surface area contributed by atoms with Crippen LogP contribution in [-0.2, 0) is 0 Å². The number of likely N-dealkylation sites (tertiary alicyclic amines) is 1. The minimum absolute atomic E-state index is 0.0400. The SMILES string of the molecule is CCN(C(=O)c1cncc(C(=O)N2CCC(C)CC2)c1)c1ccccc1. The maximum absolute atomic E-state index is 12.9. The van der Waals surface area contributed by atoms with E-state index in [9.17, 15) is 9.59 Å². The molecule has 5 heteroatoms. The number of piperidine rings is 1. The van der Waals surface area contributed by atoms with Crippen molar-refractivity contribution in [1.29, 1.82) is 0 Å². The zero-order valence-corrected chi connectivity index (χ0v) is 15.4. The molecular weight excluding hydrogens is 326 g/mol. The molecular formula is C21H25N3O2. The van der Waals surface area contributed by atoms with Gasteiger partial charge in [-0.1, -0.05) is 25.1 Å². The third kappa shape index (κ3) is 3.93. The molecule has 2 heterocycles. The van der Waals surface area contributed by atoms with Crippen molar-refractivity contribution in [3.8, 4) is 0 Å². The number of hydrogen-bond acceptors (Lipinski definition) is 3. The quantitative estimate of drug-likeness (QED) is 0.845. The Hall–Kier alpha value is -2.69. The Kier molecular flexibility index (Phi) is 5.66. The van der Waals surface area contributed by atoms with E-state index in [2.05, 4.69) is 11.9 Å². The van der Waals surface area contributed by atoms with Crippen LogP contribution in [0.5, 0.6) is 0 Å². The molecule has 5 nitrogen and oxygen atoms in total. The summed E-state index contributed by atoms with van der Waals surface area (Å²) in [7, 11) is 0. The second-order valence-corrected chi connectivity index (χ2v) is 6.82. The molecule has 1 fully saturated rings. The van der Waals surface area contributed by atoms with Gasteiger partial charge >= 0.3 is 0 Å². The molecule has 0 aliphatic carbocycles. The summed E-state index contributed by atoms with van der Waals surface area (Å²) in [5.74, 6) is 0.476. The zero-order valence-electron chi connectivity index (χ0n) is 15.4. The van der Waals surface area contributed by atoms with Crippen LogP contribution in [0.3, 0.4) is 0 Å². The highest BCUT2D eigenvalue weighted by atomic mass is 16.2. The summed E-state index contributed by atoms with van der Waals surface area (Å²) in [6.07, 6.45) is 5.13. The number of anilines is 1. The van der Waals surface area contributed by atoms with Crippen LogP contribution in [0.1, 0.15) is 47.4 Å². The fraction of sp³-hybridized carbons (Fsp3) is 0.381. The summed E-state index contributed by atoms with van der Waals surface area (Å²) < 4.78 is 0. The van der Waals surface area contributed by atoms with E-state index in [1.807, 2.05) is 42.2 Å². The third-order valence-electron chi connectivity index (χ3n) is 4.93. The Morgan fingerprint density at radius 2 is 1.77 bits per heavy atom. The first-order chi connectivity index (χ1) is 12.6. The number of hydrogen-bond donors (Lipinski definition) is 0. The van der Waals surface area contributed by atoms with Crippen molar-refractivity contribution in [2.75, 3.05) is 24.5 Å². The average Bonchev–Trinajstić information content (AvgIpc) is 2.69. The minimum atomic E-state index is -0.145. The number of aromatic nitrogens is 1. The molecule has 0 atom stereocenters. The van der Waals surface area contributed by atoms with Gasteiger partial charge in [0.15, 0.2) is 0 Å². The van der Waals surface area contributed by atoms with Crippen LogP contribution in [0.25, 0.3) is 0 Å². The lowest BCUT2D eigenvalue weighted by atomic mass is 9.98. The average molecular weight is 351 g/mol. The van der Waals surface area contributed by atoms with Gasteiger partial charge in [0.1, 0.15) is 0 Å². The Balaban J connectivity index is 1.80. The van der Waals surface area contributed by atoms with E-state index in [1.165, 1.54) is 6.20 Å². The Labute approximate surface area is 154 Å². The van der Waals surface area contributed by atoms with E-state index in [1.54, 1.807) is 17.2 Å². The van der Waals surface area contributed by atoms with E-state index in [-0.39, 0.29) is 11.8 Å². The molecule has 0 N–H and O–H groups in total. The van der Waals surface area contributed by atoms with Gasteiger partial charge in [-0.2, -0.15) is 0 Å². The maximum atomic E-state index is 12.9. The monoisotopic (exact) mass is 351 g/mol. The molecule has 3 rings (SSSR count). The van der Waals surface area contributed by atoms with Gasteiger partial charge in [0, 0.05) is 37.7 Å². The van der Waals surface area contributed by atoms with Crippen molar-refractivity contribution in [3.05, 3.63) is 59.9 Å². The molecule has 0 bridgehead atoms. The molecule has 1 aromatic carbocycles. The smallest absolute Gasteiger partial charge is 0.259 e. The maximum Gasteiger partial charge on any atom is 0.259 e. The fourth-order valence-corrected chi connectivity index (χ4v) is 3.28. The number of nitrogens with zero attached hydrogens (tertiary/aromatic N) is 3. The Morgan fingerprint density at radius 1 is 1.12 bits per heavy atom. The predicted octanol–water partition coefficient (Wildman–Crippen LogP) is 3.62. The first-order valence-electron chi connectivity index (χ1n) is 9.21. The predicted molar refractivity (Wildman–Crippen MR) is 102 cm³/mol. The van der Waals surface area contributed by atoms with Crippen molar-refractivity contribution in [1.82, 2.24) is 9.88 Å². The molecule has 2 amide bonds. The third-order valence-corrected chi connectivity index (χ3v) is 4.93. The number of pyridine rings is 1. The van der Waals surface area contributed by atoms with Crippen molar-refractivity contribution in [3.63, 3.8) is 0 Å². The van der Waals surface area contributed by atoms with Gasteiger partial charge in [-0.25, -0.2) is 0 Å². The van der Waals surface area contributed by atoms with E-state index in [4.69, 9.17) is 0 Å². The van der Waals surface area contributed by atoms with Crippen LogP contribution in [0.2, 0.25) is 0 Å². The summed E-state index contributed by atoms with van der Waals surface area (Å²) in [6.45, 7) is 6.23. The molecule has 0 unspecified atom stereocenters. The highest BCUT2D eigenvalue weighted by Gasteiger charge is 2.23. The Morgan fingerprint density at radius 3 is 2.42 bits per heavy atom. The number of carbonyl (C=O) groups is 2. The Bertz CT molecular complexity index is 768. The molecule has 0 saturated carbocycles. The second kappa shape index (κ2) is 8.13. The summed E-state index contributed by atoms with van der Waals surface area (Å²) in [6, 6.07) is 11.2. The summed E-state index contributed by atoms with van der Waals surface area (Å²) >= 11 is 0. The van der Waals surface area contributed by atoms with Gasteiger partial charge in [-0.05, 0) is 43.9 Å². The number of benzene rings is 1. The molecule has 1 saturated heterocycles. The van der Waals surface area contributed by atoms with Crippen LogP contribution < -0.4 is 4.90 Å². The van der Waals surface area contributed by atoms with Crippen molar-refractivity contribution in [2.45, 2.75) is 26.7 Å². The van der Waals surface area contributed by atoms with E-state index >= 15 is 0 Å². The van der Waals surface area contributed by atoms with E-state index in [0.717, 1.165) is 31.6 Å². The van der Waals surface area contributed by atoms with E-state index < -0.39 is 0 Å². The molecule has 136 valence electrons. The van der Waals surface area contributed by atoms with E-state index in [0.29, 0.717) is 23.6 Å². The largest absolute Gasteiger partial charge is 0.339 e. The van der Waals surface area contributed by atoms with Crippen LogP contribution >= 0.6 is 0 Å². The second-order valence-electron chi connectivity index (χ2n) is 6.82.